The van der Waals surface area contributed by atoms with Crippen molar-refractivity contribution in [3.05, 3.63) is 42.7 Å². The van der Waals surface area contributed by atoms with Gasteiger partial charge in [0.15, 0.2) is 0 Å². The summed E-state index contributed by atoms with van der Waals surface area (Å²) in [6.07, 6.45) is 3.32. The Morgan fingerprint density at radius 2 is 1.69 bits per heavy atom. The zero-order valence-corrected chi connectivity index (χ0v) is 9.11. The number of pyridine rings is 2. The molecule has 16 heavy (non-hydrogen) atoms. The normalized spacial score (nSPS) is 10.2. The molecule has 4 heteroatoms. The first kappa shape index (κ1) is 10.6. The first-order valence-corrected chi connectivity index (χ1v) is 4.68. The van der Waals surface area contributed by atoms with Crippen LogP contribution in [0.2, 0.25) is 0 Å². The molecular weight excluding hydrogens is 224 g/mol. The van der Waals surface area contributed by atoms with Crippen molar-refractivity contribution in [1.82, 2.24) is 9.97 Å². The molecule has 3 aromatic rings. The maximum absolute atomic E-state index is 9.66. The lowest BCUT2D eigenvalue weighted by Crippen LogP contribution is -1.84. The van der Waals surface area contributed by atoms with Crippen molar-refractivity contribution in [2.75, 3.05) is 0 Å². The van der Waals surface area contributed by atoms with E-state index in [2.05, 4.69) is 9.97 Å². The van der Waals surface area contributed by atoms with Crippen LogP contribution in [0, 0.1) is 0 Å². The molecular formula is C12H9ClN2O. The Kier molecular flexibility index (Phi) is 2.62. The lowest BCUT2D eigenvalue weighted by atomic mass is 10.1. The standard InChI is InChI=1S/C12H8N2O.ClH/c15-10-5-7-14-12-9(10)4-3-8-2-1-6-13-11(8)12;/h1-7H,(H,14,15);1H. The lowest BCUT2D eigenvalue weighted by Gasteiger charge is -2.02. The van der Waals surface area contributed by atoms with E-state index in [0.29, 0.717) is 0 Å². The second kappa shape index (κ2) is 3.94. The highest BCUT2D eigenvalue weighted by Crippen LogP contribution is 2.27. The maximum atomic E-state index is 9.66. The Morgan fingerprint density at radius 3 is 2.56 bits per heavy atom. The van der Waals surface area contributed by atoms with Crippen LogP contribution in [0.4, 0.5) is 0 Å². The fraction of sp³-hybridized carbons (Fsp3) is 0. The molecule has 1 N–H and O–H groups in total. The third-order valence-corrected chi connectivity index (χ3v) is 2.46. The van der Waals surface area contributed by atoms with E-state index in [1.807, 2.05) is 24.3 Å². The zero-order chi connectivity index (χ0) is 10.3. The predicted molar refractivity (Wildman–Crippen MR) is 66.0 cm³/mol. The van der Waals surface area contributed by atoms with E-state index < -0.39 is 0 Å². The van der Waals surface area contributed by atoms with E-state index >= 15 is 0 Å². The van der Waals surface area contributed by atoms with E-state index in [1.54, 1.807) is 18.5 Å². The molecule has 0 amide bonds. The third-order valence-electron chi connectivity index (χ3n) is 2.46. The minimum Gasteiger partial charge on any atom is -0.507 e. The van der Waals surface area contributed by atoms with Crippen molar-refractivity contribution in [3.8, 4) is 5.75 Å². The van der Waals surface area contributed by atoms with Crippen LogP contribution < -0.4 is 0 Å². The summed E-state index contributed by atoms with van der Waals surface area (Å²) in [4.78, 5) is 8.52. The highest BCUT2D eigenvalue weighted by Gasteiger charge is 2.04. The highest BCUT2D eigenvalue weighted by atomic mass is 35.5. The van der Waals surface area contributed by atoms with E-state index in [4.69, 9.17) is 0 Å². The molecule has 0 atom stereocenters. The largest absolute Gasteiger partial charge is 0.507 e. The van der Waals surface area contributed by atoms with Crippen LogP contribution in [0.25, 0.3) is 21.8 Å². The van der Waals surface area contributed by atoms with Gasteiger partial charge < -0.3 is 5.11 Å². The Bertz CT molecular complexity index is 655. The van der Waals surface area contributed by atoms with Gasteiger partial charge >= 0.3 is 0 Å². The van der Waals surface area contributed by atoms with Crippen molar-refractivity contribution in [3.63, 3.8) is 0 Å². The van der Waals surface area contributed by atoms with Crippen molar-refractivity contribution in [2.45, 2.75) is 0 Å². The van der Waals surface area contributed by atoms with Crippen LogP contribution in [0.5, 0.6) is 5.75 Å². The number of fused-ring (bicyclic) bond motifs is 3. The SMILES string of the molecule is Cl.Oc1ccnc2c1ccc1cccnc12. The summed E-state index contributed by atoms with van der Waals surface area (Å²) in [6.45, 7) is 0. The minimum absolute atomic E-state index is 0. The van der Waals surface area contributed by atoms with Crippen molar-refractivity contribution in [2.24, 2.45) is 0 Å². The average molecular weight is 233 g/mol. The minimum atomic E-state index is 0. The van der Waals surface area contributed by atoms with Gasteiger partial charge in [0.25, 0.3) is 0 Å². The van der Waals surface area contributed by atoms with Gasteiger partial charge in [-0.3, -0.25) is 9.97 Å². The summed E-state index contributed by atoms with van der Waals surface area (Å²) in [5, 5.41) is 11.4. The van der Waals surface area contributed by atoms with Crippen LogP contribution >= 0.6 is 12.4 Å². The number of rotatable bonds is 0. The second-order valence-corrected chi connectivity index (χ2v) is 3.37. The summed E-state index contributed by atoms with van der Waals surface area (Å²) in [5.74, 6) is 0.243. The van der Waals surface area contributed by atoms with E-state index in [1.165, 1.54) is 0 Å². The molecule has 0 fully saturated rings. The van der Waals surface area contributed by atoms with Gasteiger partial charge in [-0.15, -0.1) is 12.4 Å². The van der Waals surface area contributed by atoms with Crippen LogP contribution in [-0.2, 0) is 0 Å². The molecule has 0 spiro atoms. The van der Waals surface area contributed by atoms with Crippen LogP contribution in [-0.4, -0.2) is 15.1 Å². The van der Waals surface area contributed by atoms with Gasteiger partial charge in [-0.25, -0.2) is 0 Å². The molecule has 0 unspecified atom stereocenters. The monoisotopic (exact) mass is 232 g/mol. The summed E-state index contributed by atoms with van der Waals surface area (Å²) in [6, 6.07) is 9.25. The number of benzene rings is 1. The number of aromatic hydroxyl groups is 1. The molecule has 3 rings (SSSR count). The fourth-order valence-corrected chi connectivity index (χ4v) is 1.74. The molecule has 0 aliphatic carbocycles. The average Bonchev–Trinajstić information content (AvgIpc) is 2.29. The highest BCUT2D eigenvalue weighted by molar-refractivity contribution is 6.04. The molecule has 0 saturated carbocycles. The van der Waals surface area contributed by atoms with E-state index in [-0.39, 0.29) is 18.2 Å². The Labute approximate surface area is 98.2 Å². The first-order valence-electron chi connectivity index (χ1n) is 4.68. The van der Waals surface area contributed by atoms with Crippen LogP contribution in [0.1, 0.15) is 0 Å². The Hall–Kier alpha value is -1.87. The van der Waals surface area contributed by atoms with Gasteiger partial charge in [0, 0.05) is 23.2 Å². The first-order chi connectivity index (χ1) is 7.36. The van der Waals surface area contributed by atoms with Gasteiger partial charge in [0.05, 0.1) is 5.52 Å². The number of aromatic nitrogens is 2. The molecule has 0 radical (unpaired) electrons. The van der Waals surface area contributed by atoms with Gasteiger partial charge in [-0.05, 0) is 18.2 Å². The summed E-state index contributed by atoms with van der Waals surface area (Å²) in [7, 11) is 0. The Morgan fingerprint density at radius 1 is 0.875 bits per heavy atom. The van der Waals surface area contributed by atoms with E-state index in [9.17, 15) is 5.11 Å². The molecule has 0 aliphatic rings. The summed E-state index contributed by atoms with van der Waals surface area (Å²) in [5.41, 5.74) is 1.57. The molecule has 0 bridgehead atoms. The quantitative estimate of drug-likeness (QED) is 0.606. The van der Waals surface area contributed by atoms with Crippen LogP contribution in [0.3, 0.4) is 0 Å². The Balaban J connectivity index is 0.000000963. The van der Waals surface area contributed by atoms with Gasteiger partial charge in [-0.2, -0.15) is 0 Å². The third kappa shape index (κ3) is 1.46. The molecule has 0 saturated heterocycles. The molecule has 80 valence electrons. The number of hydrogen-bond acceptors (Lipinski definition) is 3. The summed E-state index contributed by atoms with van der Waals surface area (Å²) < 4.78 is 0. The molecule has 2 aromatic heterocycles. The second-order valence-electron chi connectivity index (χ2n) is 3.37. The zero-order valence-electron chi connectivity index (χ0n) is 8.29. The predicted octanol–water partition coefficient (Wildman–Crippen LogP) is 2.91. The van der Waals surface area contributed by atoms with Crippen molar-refractivity contribution >= 4 is 34.2 Å². The van der Waals surface area contributed by atoms with Crippen molar-refractivity contribution in [1.29, 1.82) is 0 Å². The molecule has 0 aliphatic heterocycles. The molecule has 2 heterocycles. The molecule has 1 aromatic carbocycles. The van der Waals surface area contributed by atoms with Gasteiger partial charge in [-0.1, -0.05) is 12.1 Å². The summed E-state index contributed by atoms with van der Waals surface area (Å²) >= 11 is 0. The van der Waals surface area contributed by atoms with Crippen LogP contribution in [0.15, 0.2) is 42.7 Å². The van der Waals surface area contributed by atoms with Crippen molar-refractivity contribution < 1.29 is 5.11 Å². The molecule has 3 nitrogen and oxygen atoms in total. The van der Waals surface area contributed by atoms with Gasteiger partial charge in [0.2, 0.25) is 0 Å². The number of halogens is 1. The topological polar surface area (TPSA) is 46.0 Å². The number of hydrogen-bond donors (Lipinski definition) is 1. The fourth-order valence-electron chi connectivity index (χ4n) is 1.74. The lowest BCUT2D eigenvalue weighted by molar-refractivity contribution is 0.481. The van der Waals surface area contributed by atoms with E-state index in [0.717, 1.165) is 21.8 Å². The smallest absolute Gasteiger partial charge is 0.126 e. The number of nitrogens with zero attached hydrogens (tertiary/aromatic N) is 2. The van der Waals surface area contributed by atoms with Gasteiger partial charge in [0.1, 0.15) is 11.3 Å². The maximum Gasteiger partial charge on any atom is 0.126 e.